The van der Waals surface area contributed by atoms with Crippen LogP contribution >= 0.6 is 11.6 Å². The average Bonchev–Trinajstić information content (AvgIpc) is 2.31. The van der Waals surface area contributed by atoms with Crippen LogP contribution in [-0.2, 0) is 0 Å². The molecule has 1 N–H and O–H groups in total. The highest BCUT2D eigenvalue weighted by Gasteiger charge is 2.19. The number of carbonyl (C=O) groups is 1. The summed E-state index contributed by atoms with van der Waals surface area (Å²) in [6.45, 7) is 9.02. The third kappa shape index (κ3) is 4.46. The highest BCUT2D eigenvalue weighted by molar-refractivity contribution is 6.32. The van der Waals surface area contributed by atoms with Gasteiger partial charge in [-0.3, -0.25) is 4.79 Å². The minimum atomic E-state index is -0.571. The van der Waals surface area contributed by atoms with Crippen molar-refractivity contribution in [3.8, 4) is 0 Å². The fourth-order valence-electron chi connectivity index (χ4n) is 2.13. The summed E-state index contributed by atoms with van der Waals surface area (Å²) in [6.07, 6.45) is 0.990. The number of nitrogens with one attached hydrogen (secondary N) is 1. The van der Waals surface area contributed by atoms with E-state index in [1.807, 2.05) is 0 Å². The summed E-state index contributed by atoms with van der Waals surface area (Å²) in [7, 11) is 0. The van der Waals surface area contributed by atoms with Crippen molar-refractivity contribution >= 4 is 17.5 Å². The Bertz CT molecular complexity index is 441. The molecule has 0 saturated heterocycles. The van der Waals surface area contributed by atoms with Crippen LogP contribution in [0.5, 0.6) is 0 Å². The SMILES string of the molecule is CC(C)C(CNC(=O)c1cc(F)cnc1Cl)C(C)C. The molecule has 0 saturated carbocycles. The molecule has 0 radical (unpaired) electrons. The Morgan fingerprint density at radius 3 is 2.47 bits per heavy atom. The average molecular weight is 287 g/mol. The molecule has 0 aliphatic rings. The lowest BCUT2D eigenvalue weighted by atomic mass is 9.85. The maximum atomic E-state index is 13.1. The van der Waals surface area contributed by atoms with E-state index < -0.39 is 5.82 Å². The van der Waals surface area contributed by atoms with Gasteiger partial charge in [-0.15, -0.1) is 0 Å². The van der Waals surface area contributed by atoms with Crippen LogP contribution in [0, 0.1) is 23.6 Å². The largest absolute Gasteiger partial charge is 0.352 e. The van der Waals surface area contributed by atoms with Gasteiger partial charge in [0.05, 0.1) is 11.8 Å². The third-order valence-electron chi connectivity index (χ3n) is 3.26. The molecule has 0 aliphatic heterocycles. The second kappa shape index (κ2) is 6.85. The van der Waals surface area contributed by atoms with E-state index in [1.54, 1.807) is 0 Å². The van der Waals surface area contributed by atoms with Gasteiger partial charge in [0.25, 0.3) is 5.91 Å². The van der Waals surface area contributed by atoms with Gasteiger partial charge in [-0.25, -0.2) is 9.37 Å². The number of rotatable bonds is 5. The molecular weight excluding hydrogens is 267 g/mol. The number of carbonyl (C=O) groups excluding carboxylic acids is 1. The van der Waals surface area contributed by atoms with E-state index in [0.717, 1.165) is 12.3 Å². The topological polar surface area (TPSA) is 42.0 Å². The molecule has 1 amide bonds. The van der Waals surface area contributed by atoms with Gasteiger partial charge in [0, 0.05) is 6.54 Å². The van der Waals surface area contributed by atoms with Crippen LogP contribution in [0.25, 0.3) is 0 Å². The number of amides is 1. The summed E-state index contributed by atoms with van der Waals surface area (Å²) < 4.78 is 13.1. The molecule has 19 heavy (non-hydrogen) atoms. The number of hydrogen-bond donors (Lipinski definition) is 1. The number of aromatic nitrogens is 1. The Kier molecular flexibility index (Phi) is 5.73. The zero-order valence-corrected chi connectivity index (χ0v) is 12.5. The van der Waals surface area contributed by atoms with E-state index in [2.05, 4.69) is 38.0 Å². The van der Waals surface area contributed by atoms with Crippen molar-refractivity contribution in [3.05, 3.63) is 28.8 Å². The molecule has 106 valence electrons. The Labute approximate surface area is 118 Å². The predicted molar refractivity (Wildman–Crippen MR) is 74.7 cm³/mol. The fraction of sp³-hybridized carbons (Fsp3) is 0.571. The fourth-order valence-corrected chi connectivity index (χ4v) is 2.32. The Morgan fingerprint density at radius 2 is 1.95 bits per heavy atom. The summed E-state index contributed by atoms with van der Waals surface area (Å²) in [4.78, 5) is 15.6. The highest BCUT2D eigenvalue weighted by Crippen LogP contribution is 2.20. The molecule has 0 spiro atoms. The Balaban J connectivity index is 2.72. The van der Waals surface area contributed by atoms with Crippen LogP contribution in [0.15, 0.2) is 12.3 Å². The van der Waals surface area contributed by atoms with E-state index in [1.165, 1.54) is 0 Å². The number of pyridine rings is 1. The molecule has 0 fully saturated rings. The summed E-state index contributed by atoms with van der Waals surface area (Å²) in [5, 5.41) is 2.82. The smallest absolute Gasteiger partial charge is 0.254 e. The molecule has 0 bridgehead atoms. The molecule has 1 aromatic rings. The van der Waals surface area contributed by atoms with E-state index in [9.17, 15) is 9.18 Å². The monoisotopic (exact) mass is 286 g/mol. The minimum Gasteiger partial charge on any atom is -0.352 e. The van der Waals surface area contributed by atoms with Gasteiger partial charge in [0.1, 0.15) is 11.0 Å². The van der Waals surface area contributed by atoms with Crippen LogP contribution in [-0.4, -0.2) is 17.4 Å². The molecule has 1 aromatic heterocycles. The van der Waals surface area contributed by atoms with E-state index in [-0.39, 0.29) is 16.6 Å². The molecule has 0 unspecified atom stereocenters. The number of hydrogen-bond acceptors (Lipinski definition) is 2. The van der Waals surface area contributed by atoms with Crippen molar-refractivity contribution in [2.45, 2.75) is 27.7 Å². The quantitative estimate of drug-likeness (QED) is 0.841. The lowest BCUT2D eigenvalue weighted by Gasteiger charge is -2.25. The van der Waals surface area contributed by atoms with Crippen LogP contribution in [0.2, 0.25) is 5.15 Å². The molecule has 0 atom stereocenters. The van der Waals surface area contributed by atoms with Crippen molar-refractivity contribution in [1.29, 1.82) is 0 Å². The van der Waals surface area contributed by atoms with Crippen molar-refractivity contribution in [2.24, 2.45) is 17.8 Å². The Morgan fingerprint density at radius 1 is 1.37 bits per heavy atom. The third-order valence-corrected chi connectivity index (χ3v) is 3.56. The highest BCUT2D eigenvalue weighted by atomic mass is 35.5. The number of halogens is 2. The van der Waals surface area contributed by atoms with Crippen molar-refractivity contribution in [1.82, 2.24) is 10.3 Å². The maximum Gasteiger partial charge on any atom is 0.254 e. The summed E-state index contributed by atoms with van der Waals surface area (Å²) in [5.74, 6) is 0.328. The number of nitrogens with zero attached hydrogens (tertiary/aromatic N) is 1. The van der Waals surface area contributed by atoms with Crippen molar-refractivity contribution in [3.63, 3.8) is 0 Å². The van der Waals surface area contributed by atoms with Gasteiger partial charge in [-0.2, -0.15) is 0 Å². The first-order chi connectivity index (χ1) is 8.82. The molecule has 1 heterocycles. The first kappa shape index (κ1) is 15.9. The van der Waals surface area contributed by atoms with Gasteiger partial charge in [0.15, 0.2) is 0 Å². The van der Waals surface area contributed by atoms with Gasteiger partial charge < -0.3 is 5.32 Å². The molecule has 0 aromatic carbocycles. The zero-order valence-electron chi connectivity index (χ0n) is 11.7. The van der Waals surface area contributed by atoms with Crippen LogP contribution < -0.4 is 5.32 Å². The molecule has 5 heteroatoms. The van der Waals surface area contributed by atoms with E-state index in [0.29, 0.717) is 24.3 Å². The Hall–Kier alpha value is -1.16. The molecule has 3 nitrogen and oxygen atoms in total. The van der Waals surface area contributed by atoms with Gasteiger partial charge >= 0.3 is 0 Å². The summed E-state index contributed by atoms with van der Waals surface area (Å²) in [6, 6.07) is 1.10. The lowest BCUT2D eigenvalue weighted by Crippen LogP contribution is -2.34. The standard InChI is InChI=1S/C14H20ClFN2O/c1-8(2)12(9(3)4)7-18-14(19)11-5-10(16)6-17-13(11)15/h5-6,8-9,12H,7H2,1-4H3,(H,18,19). The molecule has 0 aliphatic carbocycles. The maximum absolute atomic E-state index is 13.1. The second-order valence-corrected chi connectivity index (χ2v) is 5.71. The predicted octanol–water partition coefficient (Wildman–Crippen LogP) is 3.53. The minimum absolute atomic E-state index is 0.0181. The lowest BCUT2D eigenvalue weighted by molar-refractivity contribution is 0.0936. The van der Waals surface area contributed by atoms with E-state index >= 15 is 0 Å². The second-order valence-electron chi connectivity index (χ2n) is 5.35. The van der Waals surface area contributed by atoms with Crippen LogP contribution in [0.3, 0.4) is 0 Å². The van der Waals surface area contributed by atoms with Gasteiger partial charge in [0.2, 0.25) is 0 Å². The normalized spacial score (nSPS) is 11.4. The zero-order chi connectivity index (χ0) is 14.6. The first-order valence-electron chi connectivity index (χ1n) is 6.42. The molecule has 1 rings (SSSR count). The summed E-state index contributed by atoms with van der Waals surface area (Å²) in [5.41, 5.74) is 0.0768. The van der Waals surface area contributed by atoms with Gasteiger partial charge in [-0.05, 0) is 23.8 Å². The van der Waals surface area contributed by atoms with Crippen molar-refractivity contribution < 1.29 is 9.18 Å². The first-order valence-corrected chi connectivity index (χ1v) is 6.80. The molecular formula is C14H20ClFN2O. The summed E-state index contributed by atoms with van der Waals surface area (Å²) >= 11 is 5.79. The van der Waals surface area contributed by atoms with Crippen LogP contribution in [0.4, 0.5) is 4.39 Å². The van der Waals surface area contributed by atoms with Crippen LogP contribution in [0.1, 0.15) is 38.1 Å². The van der Waals surface area contributed by atoms with Crippen molar-refractivity contribution in [2.75, 3.05) is 6.54 Å². The van der Waals surface area contributed by atoms with Gasteiger partial charge in [-0.1, -0.05) is 39.3 Å². The van der Waals surface area contributed by atoms with E-state index in [4.69, 9.17) is 11.6 Å².